The molecule has 0 saturated carbocycles. The van der Waals surface area contributed by atoms with Gasteiger partial charge >= 0.3 is 0 Å². The zero-order valence-corrected chi connectivity index (χ0v) is 11.7. The van der Waals surface area contributed by atoms with E-state index in [9.17, 15) is 18.0 Å². The van der Waals surface area contributed by atoms with E-state index in [1.54, 1.807) is 0 Å². The van der Waals surface area contributed by atoms with Crippen LogP contribution in [0.4, 0.5) is 13.2 Å². The summed E-state index contributed by atoms with van der Waals surface area (Å²) in [6.07, 6.45) is 0.638. The molecule has 1 saturated heterocycles. The monoisotopic (exact) mass is 308 g/mol. The third-order valence-corrected chi connectivity index (χ3v) is 3.49. The van der Waals surface area contributed by atoms with Gasteiger partial charge in [0.2, 0.25) is 0 Å². The number of hydrogen-bond acceptors (Lipinski definition) is 2. The van der Waals surface area contributed by atoms with Gasteiger partial charge in [-0.3, -0.25) is 4.79 Å². The largest absolute Gasteiger partial charge is 0.338 e. The standard InChI is InChI=1S/C13H15F3N2O.ClH/c1-7-6-18(3-2-11(7)17)13(19)8-4-9(14)12(16)10(15)5-8;/h4-5,7,11H,2-3,6,17H2,1H3;1H. The van der Waals surface area contributed by atoms with E-state index in [0.717, 1.165) is 12.1 Å². The van der Waals surface area contributed by atoms with Crippen molar-refractivity contribution >= 4 is 18.3 Å². The first kappa shape index (κ1) is 16.8. The first-order chi connectivity index (χ1) is 8.90. The molecule has 0 aliphatic carbocycles. The number of halogens is 4. The lowest BCUT2D eigenvalue weighted by Gasteiger charge is -2.35. The Labute approximate surface area is 121 Å². The minimum absolute atomic E-state index is 0. The van der Waals surface area contributed by atoms with Crippen molar-refractivity contribution in [3.63, 3.8) is 0 Å². The van der Waals surface area contributed by atoms with Crippen molar-refractivity contribution in [1.82, 2.24) is 4.90 Å². The van der Waals surface area contributed by atoms with Crippen molar-refractivity contribution in [3.05, 3.63) is 35.1 Å². The zero-order valence-electron chi connectivity index (χ0n) is 10.9. The number of nitrogens with zero attached hydrogens (tertiary/aromatic N) is 1. The minimum Gasteiger partial charge on any atom is -0.338 e. The molecule has 0 bridgehead atoms. The van der Waals surface area contributed by atoms with E-state index >= 15 is 0 Å². The summed E-state index contributed by atoms with van der Waals surface area (Å²) in [5, 5.41) is 0. The fourth-order valence-corrected chi connectivity index (χ4v) is 2.21. The van der Waals surface area contributed by atoms with Crippen LogP contribution in [0.2, 0.25) is 0 Å². The lowest BCUT2D eigenvalue weighted by atomic mass is 9.94. The molecule has 7 heteroatoms. The van der Waals surface area contributed by atoms with Crippen LogP contribution in [0.3, 0.4) is 0 Å². The summed E-state index contributed by atoms with van der Waals surface area (Å²) in [6.45, 7) is 2.78. The number of carbonyl (C=O) groups excluding carboxylic acids is 1. The van der Waals surface area contributed by atoms with Crippen molar-refractivity contribution in [3.8, 4) is 0 Å². The first-order valence-corrected chi connectivity index (χ1v) is 6.09. The number of nitrogens with two attached hydrogens (primary N) is 1. The average Bonchev–Trinajstić information content (AvgIpc) is 2.37. The molecule has 1 aliphatic heterocycles. The SMILES string of the molecule is CC1CN(C(=O)c2cc(F)c(F)c(F)c2)CCC1N.Cl. The van der Waals surface area contributed by atoms with E-state index < -0.39 is 23.4 Å². The van der Waals surface area contributed by atoms with Crippen molar-refractivity contribution in [2.24, 2.45) is 11.7 Å². The molecule has 0 radical (unpaired) electrons. The maximum absolute atomic E-state index is 13.1. The molecular formula is C13H16ClF3N2O. The summed E-state index contributed by atoms with van der Waals surface area (Å²) >= 11 is 0. The second-order valence-electron chi connectivity index (χ2n) is 4.93. The molecule has 1 aromatic rings. The molecule has 1 heterocycles. The average molecular weight is 309 g/mol. The Bertz CT molecular complexity index is 489. The van der Waals surface area contributed by atoms with Gasteiger partial charge in [0.1, 0.15) is 0 Å². The number of carbonyl (C=O) groups is 1. The van der Waals surface area contributed by atoms with Crippen molar-refractivity contribution in [2.75, 3.05) is 13.1 Å². The molecule has 20 heavy (non-hydrogen) atoms. The van der Waals surface area contributed by atoms with E-state index in [1.807, 2.05) is 6.92 Å². The van der Waals surface area contributed by atoms with Crippen LogP contribution in [0.1, 0.15) is 23.7 Å². The third-order valence-electron chi connectivity index (χ3n) is 3.49. The molecule has 2 rings (SSSR count). The number of piperidine rings is 1. The summed E-state index contributed by atoms with van der Waals surface area (Å²) in [4.78, 5) is 13.6. The van der Waals surface area contributed by atoms with E-state index in [-0.39, 0.29) is 29.9 Å². The smallest absolute Gasteiger partial charge is 0.254 e. The van der Waals surface area contributed by atoms with Crippen LogP contribution in [0, 0.1) is 23.4 Å². The predicted octanol–water partition coefficient (Wildman–Crippen LogP) is 2.34. The van der Waals surface area contributed by atoms with Gasteiger partial charge in [0.15, 0.2) is 17.5 Å². The van der Waals surface area contributed by atoms with Crippen LogP contribution in [0.5, 0.6) is 0 Å². The van der Waals surface area contributed by atoms with Crippen LogP contribution >= 0.6 is 12.4 Å². The highest BCUT2D eigenvalue weighted by Crippen LogP contribution is 2.19. The van der Waals surface area contributed by atoms with Crippen molar-refractivity contribution < 1.29 is 18.0 Å². The molecule has 1 amide bonds. The number of hydrogen-bond donors (Lipinski definition) is 1. The van der Waals surface area contributed by atoms with Gasteiger partial charge in [-0.15, -0.1) is 12.4 Å². The van der Waals surface area contributed by atoms with Crippen LogP contribution in [-0.2, 0) is 0 Å². The molecule has 2 N–H and O–H groups in total. The topological polar surface area (TPSA) is 46.3 Å². The van der Waals surface area contributed by atoms with Crippen LogP contribution in [0.15, 0.2) is 12.1 Å². The van der Waals surface area contributed by atoms with Gasteiger partial charge in [-0.05, 0) is 24.5 Å². The fraction of sp³-hybridized carbons (Fsp3) is 0.462. The summed E-state index contributed by atoms with van der Waals surface area (Å²) in [7, 11) is 0. The lowest BCUT2D eigenvalue weighted by Crippen LogP contribution is -2.48. The summed E-state index contributed by atoms with van der Waals surface area (Å²) < 4.78 is 39.0. The molecule has 2 unspecified atom stereocenters. The minimum atomic E-state index is -1.56. The Kier molecular flexibility index (Phi) is 5.42. The van der Waals surface area contributed by atoms with Crippen LogP contribution in [0.25, 0.3) is 0 Å². The van der Waals surface area contributed by atoms with Gasteiger partial charge in [0.25, 0.3) is 5.91 Å². The van der Waals surface area contributed by atoms with Gasteiger partial charge < -0.3 is 10.6 Å². The molecular weight excluding hydrogens is 293 g/mol. The van der Waals surface area contributed by atoms with E-state index in [1.165, 1.54) is 4.90 Å². The Balaban J connectivity index is 0.00000200. The second kappa shape index (κ2) is 6.45. The van der Waals surface area contributed by atoms with Gasteiger partial charge in [-0.25, -0.2) is 13.2 Å². The van der Waals surface area contributed by atoms with Gasteiger partial charge in [0, 0.05) is 24.7 Å². The summed E-state index contributed by atoms with van der Waals surface area (Å²) in [5.74, 6) is -4.66. The molecule has 1 aromatic carbocycles. The third kappa shape index (κ3) is 3.24. The molecule has 0 spiro atoms. The Morgan fingerprint density at radius 2 is 1.85 bits per heavy atom. The number of likely N-dealkylation sites (tertiary alicyclic amines) is 1. The highest BCUT2D eigenvalue weighted by molar-refractivity contribution is 5.94. The number of amides is 1. The van der Waals surface area contributed by atoms with Gasteiger partial charge in [-0.1, -0.05) is 6.92 Å². The molecule has 3 nitrogen and oxygen atoms in total. The van der Waals surface area contributed by atoms with E-state index in [4.69, 9.17) is 5.73 Å². The van der Waals surface area contributed by atoms with Crippen molar-refractivity contribution in [1.29, 1.82) is 0 Å². The maximum atomic E-state index is 13.1. The molecule has 2 atom stereocenters. The molecule has 0 aromatic heterocycles. The Morgan fingerprint density at radius 1 is 1.30 bits per heavy atom. The van der Waals surface area contributed by atoms with Gasteiger partial charge in [-0.2, -0.15) is 0 Å². The van der Waals surface area contributed by atoms with Crippen LogP contribution in [-0.4, -0.2) is 29.9 Å². The highest BCUT2D eigenvalue weighted by Gasteiger charge is 2.27. The predicted molar refractivity (Wildman–Crippen MR) is 71.2 cm³/mol. The number of benzene rings is 1. The maximum Gasteiger partial charge on any atom is 0.254 e. The summed E-state index contributed by atoms with van der Waals surface area (Å²) in [5.41, 5.74) is 5.66. The Morgan fingerprint density at radius 3 is 2.35 bits per heavy atom. The zero-order chi connectivity index (χ0) is 14.2. The van der Waals surface area contributed by atoms with Crippen molar-refractivity contribution in [2.45, 2.75) is 19.4 Å². The normalized spacial score (nSPS) is 22.4. The van der Waals surface area contributed by atoms with Gasteiger partial charge in [0.05, 0.1) is 0 Å². The van der Waals surface area contributed by atoms with E-state index in [0.29, 0.717) is 19.5 Å². The molecule has 112 valence electrons. The molecule has 1 aliphatic rings. The second-order valence-corrected chi connectivity index (χ2v) is 4.93. The quantitative estimate of drug-likeness (QED) is 0.809. The van der Waals surface area contributed by atoms with E-state index in [2.05, 4.69) is 0 Å². The highest BCUT2D eigenvalue weighted by atomic mass is 35.5. The summed E-state index contributed by atoms with van der Waals surface area (Å²) in [6, 6.07) is 1.46. The van der Waals surface area contributed by atoms with Crippen LogP contribution < -0.4 is 5.73 Å². The Hall–Kier alpha value is -1.27. The molecule has 1 fully saturated rings. The first-order valence-electron chi connectivity index (χ1n) is 6.09. The fourth-order valence-electron chi connectivity index (χ4n) is 2.21. The number of rotatable bonds is 1. The lowest BCUT2D eigenvalue weighted by molar-refractivity contribution is 0.0663.